The Kier molecular flexibility index (Phi) is 6.80. The molecule has 0 spiro atoms. The average molecular weight is 432 g/mol. The summed E-state index contributed by atoms with van der Waals surface area (Å²) in [7, 11) is 0. The number of imidazole rings is 1. The van der Waals surface area contributed by atoms with Gasteiger partial charge in [0.2, 0.25) is 0 Å². The first kappa shape index (κ1) is 21.6. The topological polar surface area (TPSA) is 56.1 Å². The van der Waals surface area contributed by atoms with Crippen LogP contribution in [0.2, 0.25) is 0 Å². The number of benzene rings is 3. The van der Waals surface area contributed by atoms with Crippen LogP contribution in [0.4, 0.5) is 4.39 Å². The van der Waals surface area contributed by atoms with E-state index in [2.05, 4.69) is 12.2 Å². The highest BCUT2D eigenvalue weighted by atomic mass is 19.1. The van der Waals surface area contributed by atoms with Crippen molar-refractivity contribution in [1.82, 2.24) is 14.9 Å². The molecule has 6 heteroatoms. The Balaban J connectivity index is 1.64. The van der Waals surface area contributed by atoms with Crippen LogP contribution in [0.25, 0.3) is 11.0 Å². The van der Waals surface area contributed by atoms with Crippen molar-refractivity contribution >= 4 is 16.9 Å². The molecular weight excluding hydrogens is 405 g/mol. The van der Waals surface area contributed by atoms with Crippen molar-refractivity contribution in [3.05, 3.63) is 95.6 Å². The van der Waals surface area contributed by atoms with Gasteiger partial charge in [-0.3, -0.25) is 4.79 Å². The number of ether oxygens (including phenoxy) is 1. The molecule has 32 heavy (non-hydrogen) atoms. The zero-order chi connectivity index (χ0) is 22.3. The van der Waals surface area contributed by atoms with E-state index in [0.29, 0.717) is 18.7 Å². The van der Waals surface area contributed by atoms with Crippen LogP contribution in [-0.2, 0) is 13.2 Å². The van der Waals surface area contributed by atoms with E-state index in [4.69, 9.17) is 9.72 Å². The molecule has 1 N–H and O–H groups in total. The summed E-state index contributed by atoms with van der Waals surface area (Å²) < 4.78 is 21.3. The average Bonchev–Trinajstić information content (AvgIpc) is 3.16. The van der Waals surface area contributed by atoms with Gasteiger partial charge >= 0.3 is 0 Å². The molecule has 3 aromatic carbocycles. The van der Waals surface area contributed by atoms with Crippen LogP contribution in [0.3, 0.4) is 0 Å². The summed E-state index contributed by atoms with van der Waals surface area (Å²) in [5.41, 5.74) is 3.15. The minimum Gasteiger partial charge on any atom is -0.486 e. The van der Waals surface area contributed by atoms with Gasteiger partial charge in [0.25, 0.3) is 5.91 Å². The standard InChI is InChI=1S/C26H26FN3O2/c1-2-3-15-28-26(31)20-11-14-24-23(16-20)29-25(18-32-22-7-5-4-6-8-22)30(24)17-19-9-12-21(27)13-10-19/h4-14,16H,2-3,15,17-18H2,1H3,(H,28,31). The molecule has 0 radical (unpaired) electrons. The molecule has 4 rings (SSSR count). The minimum atomic E-state index is -0.268. The number of carbonyl (C=O) groups is 1. The maximum Gasteiger partial charge on any atom is 0.251 e. The Labute approximate surface area is 186 Å². The Morgan fingerprint density at radius 1 is 1.06 bits per heavy atom. The smallest absolute Gasteiger partial charge is 0.251 e. The molecule has 0 atom stereocenters. The van der Waals surface area contributed by atoms with Gasteiger partial charge in [0.05, 0.1) is 11.0 Å². The molecule has 4 aromatic rings. The van der Waals surface area contributed by atoms with Crippen LogP contribution >= 0.6 is 0 Å². The first-order chi connectivity index (χ1) is 15.6. The third kappa shape index (κ3) is 5.14. The van der Waals surface area contributed by atoms with Crippen LogP contribution < -0.4 is 10.1 Å². The second kappa shape index (κ2) is 10.1. The van der Waals surface area contributed by atoms with Gasteiger partial charge in [0.1, 0.15) is 24.0 Å². The highest BCUT2D eigenvalue weighted by Gasteiger charge is 2.15. The highest BCUT2D eigenvalue weighted by Crippen LogP contribution is 2.22. The van der Waals surface area contributed by atoms with E-state index in [1.807, 2.05) is 53.1 Å². The molecule has 1 amide bonds. The monoisotopic (exact) mass is 431 g/mol. The lowest BCUT2D eigenvalue weighted by Gasteiger charge is -2.11. The Morgan fingerprint density at radius 3 is 2.59 bits per heavy atom. The van der Waals surface area contributed by atoms with Crippen LogP contribution in [0.1, 0.15) is 41.5 Å². The van der Waals surface area contributed by atoms with Crippen molar-refractivity contribution in [2.45, 2.75) is 32.9 Å². The molecule has 0 aliphatic heterocycles. The molecule has 0 aliphatic carbocycles. The second-order valence-corrected chi connectivity index (χ2v) is 7.66. The first-order valence-corrected chi connectivity index (χ1v) is 10.8. The summed E-state index contributed by atoms with van der Waals surface area (Å²) in [5.74, 6) is 1.12. The maximum absolute atomic E-state index is 13.4. The molecule has 1 heterocycles. The minimum absolute atomic E-state index is 0.101. The summed E-state index contributed by atoms with van der Waals surface area (Å²) in [6.45, 7) is 3.54. The van der Waals surface area contributed by atoms with E-state index >= 15 is 0 Å². The molecule has 0 saturated carbocycles. The number of hydrogen-bond donors (Lipinski definition) is 1. The predicted octanol–water partition coefficient (Wildman–Crippen LogP) is 5.33. The van der Waals surface area contributed by atoms with Gasteiger partial charge in [-0.2, -0.15) is 0 Å². The number of unbranched alkanes of at least 4 members (excludes halogenated alkanes) is 1. The number of hydrogen-bond acceptors (Lipinski definition) is 3. The van der Waals surface area contributed by atoms with E-state index in [9.17, 15) is 9.18 Å². The lowest BCUT2D eigenvalue weighted by molar-refractivity contribution is 0.0953. The number of halogens is 1. The SMILES string of the molecule is CCCCNC(=O)c1ccc2c(c1)nc(COc1ccccc1)n2Cc1ccc(F)cc1. The van der Waals surface area contributed by atoms with Crippen molar-refractivity contribution in [1.29, 1.82) is 0 Å². The number of nitrogens with zero attached hydrogens (tertiary/aromatic N) is 2. The van der Waals surface area contributed by atoms with Crippen molar-refractivity contribution in [2.75, 3.05) is 6.54 Å². The van der Waals surface area contributed by atoms with Gasteiger partial charge in [-0.15, -0.1) is 0 Å². The fraction of sp³-hybridized carbons (Fsp3) is 0.231. The van der Waals surface area contributed by atoms with Crippen LogP contribution in [0.5, 0.6) is 5.75 Å². The first-order valence-electron chi connectivity index (χ1n) is 10.8. The molecule has 5 nitrogen and oxygen atoms in total. The lowest BCUT2D eigenvalue weighted by atomic mass is 10.1. The Morgan fingerprint density at radius 2 is 1.84 bits per heavy atom. The number of amides is 1. The lowest BCUT2D eigenvalue weighted by Crippen LogP contribution is -2.24. The van der Waals surface area contributed by atoms with Crippen molar-refractivity contribution in [3.63, 3.8) is 0 Å². The summed E-state index contributed by atoms with van der Waals surface area (Å²) in [6, 6.07) is 21.5. The normalized spacial score (nSPS) is 10.9. The third-order valence-electron chi connectivity index (χ3n) is 5.27. The van der Waals surface area contributed by atoms with E-state index < -0.39 is 0 Å². The van der Waals surface area contributed by atoms with Crippen molar-refractivity contribution < 1.29 is 13.9 Å². The molecule has 1 aromatic heterocycles. The summed E-state index contributed by atoms with van der Waals surface area (Å²) >= 11 is 0. The van der Waals surface area contributed by atoms with Gasteiger partial charge < -0.3 is 14.6 Å². The molecule has 0 bridgehead atoms. The number of fused-ring (bicyclic) bond motifs is 1. The highest BCUT2D eigenvalue weighted by molar-refractivity contribution is 5.97. The zero-order valence-corrected chi connectivity index (χ0v) is 18.1. The largest absolute Gasteiger partial charge is 0.486 e. The summed E-state index contributed by atoms with van der Waals surface area (Å²) in [6.07, 6.45) is 1.97. The number of nitrogens with one attached hydrogen (secondary N) is 1. The van der Waals surface area contributed by atoms with Crippen molar-refractivity contribution in [3.8, 4) is 5.75 Å². The van der Waals surface area contributed by atoms with Crippen LogP contribution in [-0.4, -0.2) is 22.0 Å². The molecule has 0 saturated heterocycles. The molecule has 0 fully saturated rings. The Bertz CT molecular complexity index is 1190. The van der Waals surface area contributed by atoms with Crippen LogP contribution in [0.15, 0.2) is 72.8 Å². The summed E-state index contributed by atoms with van der Waals surface area (Å²) in [5, 5.41) is 2.94. The zero-order valence-electron chi connectivity index (χ0n) is 18.1. The second-order valence-electron chi connectivity index (χ2n) is 7.66. The molecular formula is C26H26FN3O2. The van der Waals surface area contributed by atoms with Crippen molar-refractivity contribution in [2.24, 2.45) is 0 Å². The van der Waals surface area contributed by atoms with Gasteiger partial charge in [0, 0.05) is 18.7 Å². The fourth-order valence-corrected chi connectivity index (χ4v) is 3.53. The molecule has 0 aliphatic rings. The predicted molar refractivity (Wildman–Crippen MR) is 123 cm³/mol. The number of aromatic nitrogens is 2. The van der Waals surface area contributed by atoms with Gasteiger partial charge in [-0.05, 0) is 54.4 Å². The number of para-hydroxylation sites is 1. The Hall–Kier alpha value is -3.67. The van der Waals surface area contributed by atoms with E-state index in [-0.39, 0.29) is 18.3 Å². The quantitative estimate of drug-likeness (QED) is 0.364. The number of carbonyl (C=O) groups excluding carboxylic acids is 1. The van der Waals surface area contributed by atoms with E-state index in [1.54, 1.807) is 12.1 Å². The van der Waals surface area contributed by atoms with Gasteiger partial charge in [-0.1, -0.05) is 43.7 Å². The van der Waals surface area contributed by atoms with E-state index in [0.717, 1.165) is 41.0 Å². The fourth-order valence-electron chi connectivity index (χ4n) is 3.53. The molecule has 164 valence electrons. The van der Waals surface area contributed by atoms with Gasteiger partial charge in [-0.25, -0.2) is 9.37 Å². The molecule has 0 unspecified atom stereocenters. The van der Waals surface area contributed by atoms with E-state index in [1.165, 1.54) is 12.1 Å². The summed E-state index contributed by atoms with van der Waals surface area (Å²) in [4.78, 5) is 17.2. The number of rotatable bonds is 9. The van der Waals surface area contributed by atoms with Gasteiger partial charge in [0.15, 0.2) is 0 Å². The third-order valence-corrected chi connectivity index (χ3v) is 5.27. The maximum atomic E-state index is 13.4. The van der Waals surface area contributed by atoms with Crippen LogP contribution in [0, 0.1) is 5.82 Å².